The molecule has 5 nitrogen and oxygen atoms in total. The molecular weight excluding hydrogens is 256 g/mol. The van der Waals surface area contributed by atoms with E-state index in [1.807, 2.05) is 4.90 Å². The molecule has 1 N–H and O–H groups in total. The highest BCUT2D eigenvalue weighted by atomic mass is 16.4. The largest absolute Gasteiger partial charge is 0.477 e. The Labute approximate surface area is 118 Å². The van der Waals surface area contributed by atoms with Crippen LogP contribution < -0.4 is 0 Å². The summed E-state index contributed by atoms with van der Waals surface area (Å²) >= 11 is 0. The molecule has 1 aliphatic heterocycles. The number of piperidine rings is 1. The van der Waals surface area contributed by atoms with Gasteiger partial charge in [0.2, 0.25) is 0 Å². The quantitative estimate of drug-likeness (QED) is 0.917. The van der Waals surface area contributed by atoms with Crippen molar-refractivity contribution in [2.45, 2.75) is 32.6 Å². The SMILES string of the molecule is CCCC1CCN(C(=O)c2ccc(C(=O)O)nc2)CC1. The summed E-state index contributed by atoms with van der Waals surface area (Å²) in [5, 5.41) is 8.78. The molecule has 108 valence electrons. The zero-order chi connectivity index (χ0) is 14.5. The van der Waals surface area contributed by atoms with Crippen molar-refractivity contribution in [1.82, 2.24) is 9.88 Å². The van der Waals surface area contributed by atoms with Gasteiger partial charge >= 0.3 is 5.97 Å². The highest BCUT2D eigenvalue weighted by molar-refractivity contribution is 5.94. The second kappa shape index (κ2) is 6.50. The molecule has 2 rings (SSSR count). The van der Waals surface area contributed by atoms with Gasteiger partial charge in [-0.1, -0.05) is 19.8 Å². The fourth-order valence-electron chi connectivity index (χ4n) is 2.66. The molecule has 1 fully saturated rings. The number of aromatic nitrogens is 1. The van der Waals surface area contributed by atoms with Crippen LogP contribution >= 0.6 is 0 Å². The van der Waals surface area contributed by atoms with Crippen LogP contribution in [-0.4, -0.2) is 40.0 Å². The van der Waals surface area contributed by atoms with E-state index in [0.717, 1.165) is 31.8 Å². The van der Waals surface area contributed by atoms with Gasteiger partial charge in [-0.2, -0.15) is 0 Å². The minimum Gasteiger partial charge on any atom is -0.477 e. The van der Waals surface area contributed by atoms with Gasteiger partial charge in [0.15, 0.2) is 0 Å². The Balaban J connectivity index is 1.96. The molecule has 1 amide bonds. The molecule has 0 aromatic carbocycles. The van der Waals surface area contributed by atoms with E-state index in [1.165, 1.54) is 31.2 Å². The van der Waals surface area contributed by atoms with Gasteiger partial charge in [0.25, 0.3) is 5.91 Å². The molecule has 1 aliphatic rings. The highest BCUT2D eigenvalue weighted by Crippen LogP contribution is 2.22. The summed E-state index contributed by atoms with van der Waals surface area (Å²) in [5.74, 6) is -0.398. The van der Waals surface area contributed by atoms with Crippen LogP contribution in [0.15, 0.2) is 18.3 Å². The Morgan fingerprint density at radius 3 is 2.55 bits per heavy atom. The second-order valence-corrected chi connectivity index (χ2v) is 5.26. The Kier molecular flexibility index (Phi) is 4.71. The van der Waals surface area contributed by atoms with Crippen molar-refractivity contribution < 1.29 is 14.7 Å². The van der Waals surface area contributed by atoms with Crippen LogP contribution in [-0.2, 0) is 0 Å². The van der Waals surface area contributed by atoms with Crippen molar-refractivity contribution in [3.63, 3.8) is 0 Å². The van der Waals surface area contributed by atoms with Gasteiger partial charge in [-0.25, -0.2) is 9.78 Å². The lowest BCUT2D eigenvalue weighted by Crippen LogP contribution is -2.38. The summed E-state index contributed by atoms with van der Waals surface area (Å²) in [6.45, 7) is 3.75. The molecular formula is C15H20N2O3. The maximum Gasteiger partial charge on any atom is 0.354 e. The molecule has 0 aliphatic carbocycles. The third kappa shape index (κ3) is 3.35. The fraction of sp³-hybridized carbons (Fsp3) is 0.533. The van der Waals surface area contributed by atoms with Crippen molar-refractivity contribution in [2.24, 2.45) is 5.92 Å². The Morgan fingerprint density at radius 2 is 2.05 bits per heavy atom. The average Bonchev–Trinajstić information content (AvgIpc) is 2.48. The van der Waals surface area contributed by atoms with Gasteiger partial charge in [0.1, 0.15) is 5.69 Å². The predicted molar refractivity (Wildman–Crippen MR) is 74.7 cm³/mol. The van der Waals surface area contributed by atoms with Crippen LogP contribution in [0.4, 0.5) is 0 Å². The van der Waals surface area contributed by atoms with Gasteiger partial charge < -0.3 is 10.0 Å². The maximum absolute atomic E-state index is 12.3. The number of likely N-dealkylation sites (tertiary alicyclic amines) is 1. The van der Waals surface area contributed by atoms with Gasteiger partial charge in [-0.3, -0.25) is 4.79 Å². The monoisotopic (exact) mass is 276 g/mol. The number of carboxylic acids is 1. The molecule has 0 radical (unpaired) electrons. The lowest BCUT2D eigenvalue weighted by Gasteiger charge is -2.31. The lowest BCUT2D eigenvalue weighted by atomic mass is 9.92. The van der Waals surface area contributed by atoms with E-state index >= 15 is 0 Å². The number of carbonyl (C=O) groups is 2. The van der Waals surface area contributed by atoms with Crippen molar-refractivity contribution in [3.8, 4) is 0 Å². The van der Waals surface area contributed by atoms with E-state index in [9.17, 15) is 9.59 Å². The average molecular weight is 276 g/mol. The fourth-order valence-corrected chi connectivity index (χ4v) is 2.66. The second-order valence-electron chi connectivity index (χ2n) is 5.26. The first-order valence-electron chi connectivity index (χ1n) is 7.10. The summed E-state index contributed by atoms with van der Waals surface area (Å²) in [5.41, 5.74) is 0.423. The first kappa shape index (κ1) is 14.5. The van der Waals surface area contributed by atoms with Crippen molar-refractivity contribution in [1.29, 1.82) is 0 Å². The van der Waals surface area contributed by atoms with Crippen molar-refractivity contribution in [3.05, 3.63) is 29.6 Å². The van der Waals surface area contributed by atoms with Gasteiger partial charge in [-0.15, -0.1) is 0 Å². The molecule has 0 unspecified atom stereocenters. The molecule has 1 aromatic rings. The third-order valence-electron chi connectivity index (χ3n) is 3.83. The van der Waals surface area contributed by atoms with Crippen LogP contribution in [0, 0.1) is 5.92 Å². The zero-order valence-electron chi connectivity index (χ0n) is 11.7. The van der Waals surface area contributed by atoms with Crippen LogP contribution in [0.1, 0.15) is 53.5 Å². The highest BCUT2D eigenvalue weighted by Gasteiger charge is 2.23. The normalized spacial score (nSPS) is 16.1. The maximum atomic E-state index is 12.3. The molecule has 5 heteroatoms. The van der Waals surface area contributed by atoms with Crippen LogP contribution in [0.25, 0.3) is 0 Å². The van der Waals surface area contributed by atoms with E-state index in [0.29, 0.717) is 5.56 Å². The van der Waals surface area contributed by atoms with E-state index in [1.54, 1.807) is 0 Å². The van der Waals surface area contributed by atoms with Crippen LogP contribution in [0.2, 0.25) is 0 Å². The molecule has 0 saturated carbocycles. The third-order valence-corrected chi connectivity index (χ3v) is 3.83. The Bertz CT molecular complexity index is 476. The molecule has 0 bridgehead atoms. The number of carbonyl (C=O) groups excluding carboxylic acids is 1. The van der Waals surface area contributed by atoms with Crippen LogP contribution in [0.5, 0.6) is 0 Å². The topological polar surface area (TPSA) is 70.5 Å². The minimum absolute atomic E-state index is 0.0387. The smallest absolute Gasteiger partial charge is 0.354 e. The van der Waals surface area contributed by atoms with Gasteiger partial charge in [-0.05, 0) is 30.9 Å². The summed E-state index contributed by atoms with van der Waals surface area (Å²) in [7, 11) is 0. The number of amides is 1. The Morgan fingerprint density at radius 1 is 1.35 bits per heavy atom. The Hall–Kier alpha value is -1.91. The van der Waals surface area contributed by atoms with E-state index < -0.39 is 5.97 Å². The molecule has 0 atom stereocenters. The number of rotatable bonds is 4. The molecule has 1 aromatic heterocycles. The van der Waals surface area contributed by atoms with Crippen molar-refractivity contribution in [2.75, 3.05) is 13.1 Å². The number of nitrogens with zero attached hydrogens (tertiary/aromatic N) is 2. The van der Waals surface area contributed by atoms with Gasteiger partial charge in [0.05, 0.1) is 5.56 Å². The van der Waals surface area contributed by atoms with Crippen molar-refractivity contribution >= 4 is 11.9 Å². The predicted octanol–water partition coefficient (Wildman–Crippen LogP) is 2.43. The molecule has 2 heterocycles. The number of carboxylic acid groups (broad SMARTS) is 1. The first-order chi connectivity index (χ1) is 9.61. The zero-order valence-corrected chi connectivity index (χ0v) is 11.7. The summed E-state index contributed by atoms with van der Waals surface area (Å²) in [6, 6.07) is 2.91. The van der Waals surface area contributed by atoms with E-state index in [4.69, 9.17) is 5.11 Å². The summed E-state index contributed by atoms with van der Waals surface area (Å²) in [4.78, 5) is 28.6. The van der Waals surface area contributed by atoms with Crippen LogP contribution in [0.3, 0.4) is 0 Å². The molecule has 0 spiro atoms. The number of hydrogen-bond donors (Lipinski definition) is 1. The van der Waals surface area contributed by atoms with Gasteiger partial charge in [0, 0.05) is 19.3 Å². The summed E-state index contributed by atoms with van der Waals surface area (Å²) < 4.78 is 0. The number of hydrogen-bond acceptors (Lipinski definition) is 3. The standard InChI is InChI=1S/C15H20N2O3/c1-2-3-11-6-8-17(9-7-11)14(18)12-4-5-13(15(19)20)16-10-12/h4-5,10-11H,2-3,6-9H2,1H3,(H,19,20). The summed E-state index contributed by atoms with van der Waals surface area (Å²) in [6.07, 6.45) is 5.89. The molecule has 20 heavy (non-hydrogen) atoms. The lowest BCUT2D eigenvalue weighted by molar-refractivity contribution is 0.0673. The van der Waals surface area contributed by atoms with E-state index in [2.05, 4.69) is 11.9 Å². The number of pyridine rings is 1. The first-order valence-corrected chi connectivity index (χ1v) is 7.10. The number of aromatic carboxylic acids is 1. The minimum atomic E-state index is -1.08. The molecule has 1 saturated heterocycles. The van der Waals surface area contributed by atoms with E-state index in [-0.39, 0.29) is 11.6 Å².